The van der Waals surface area contributed by atoms with Gasteiger partial charge in [0.05, 0.1) is 45.4 Å². The van der Waals surface area contributed by atoms with Crippen LogP contribution in [0.4, 0.5) is 8.78 Å². The van der Waals surface area contributed by atoms with Crippen LogP contribution in [0.3, 0.4) is 0 Å². The maximum Gasteiger partial charge on any atom is 0.182 e. The van der Waals surface area contributed by atoms with Gasteiger partial charge in [-0.15, -0.1) is 0 Å². The van der Waals surface area contributed by atoms with Crippen molar-refractivity contribution in [3.8, 4) is 11.3 Å². The highest BCUT2D eigenvalue weighted by Gasteiger charge is 2.30. The van der Waals surface area contributed by atoms with Gasteiger partial charge >= 0.3 is 0 Å². The Kier molecular flexibility index (Phi) is 6.59. The van der Waals surface area contributed by atoms with Crippen molar-refractivity contribution in [3.05, 3.63) is 65.5 Å². The van der Waals surface area contributed by atoms with Gasteiger partial charge in [-0.25, -0.2) is 28.7 Å². The summed E-state index contributed by atoms with van der Waals surface area (Å²) < 4.78 is 34.6. The monoisotopic (exact) mass is 484 g/mol. The van der Waals surface area contributed by atoms with Gasteiger partial charge < -0.3 is 4.74 Å². The molecule has 1 aliphatic heterocycles. The second kappa shape index (κ2) is 9.69. The Morgan fingerprint density at radius 2 is 1.83 bits per heavy atom. The van der Waals surface area contributed by atoms with E-state index in [2.05, 4.69) is 31.2 Å². The molecule has 1 aromatic carbocycles. The number of benzene rings is 1. The molecule has 0 N–H and O–H groups in total. The highest BCUT2D eigenvalue weighted by Crippen LogP contribution is 2.37. The zero-order valence-electron chi connectivity index (χ0n) is 20.2. The molecule has 1 atom stereocenters. The van der Waals surface area contributed by atoms with E-state index < -0.39 is 17.0 Å². The number of nitrogens with zero attached hydrogens (tertiary/aromatic N) is 6. The standard InChI is InChI=1S/C14H10F2N4.C11H14B2N2O/c1-7-8(2)20-14-13(19-7)12(17-6-18-14)10-4-3-9(15)5-11(10)16;12-11(13)5-1-2-10(16-11)8-6-14-15(7-8)9-3-4-9/h3-6H,1-2H3;6-7,9-10H,1-5H2. The van der Waals surface area contributed by atoms with Gasteiger partial charge in [0.15, 0.2) is 5.65 Å². The van der Waals surface area contributed by atoms with E-state index in [1.807, 2.05) is 17.8 Å². The Morgan fingerprint density at radius 3 is 2.56 bits per heavy atom. The number of aryl methyl sites for hydroxylation is 2. The van der Waals surface area contributed by atoms with Crippen molar-refractivity contribution >= 4 is 26.9 Å². The van der Waals surface area contributed by atoms with Crippen molar-refractivity contribution in [2.75, 3.05) is 0 Å². The van der Waals surface area contributed by atoms with Crippen LogP contribution in [-0.4, -0.2) is 50.8 Å². The Labute approximate surface area is 210 Å². The maximum atomic E-state index is 13.9. The van der Waals surface area contributed by atoms with Crippen molar-refractivity contribution < 1.29 is 13.5 Å². The molecule has 7 nitrogen and oxygen atoms in total. The molecule has 1 saturated carbocycles. The maximum absolute atomic E-state index is 13.9. The number of hydrogen-bond acceptors (Lipinski definition) is 6. The van der Waals surface area contributed by atoms with Crippen LogP contribution in [0.25, 0.3) is 22.4 Å². The first-order chi connectivity index (χ1) is 17.2. The van der Waals surface area contributed by atoms with Gasteiger partial charge in [0, 0.05) is 23.4 Å². The predicted octanol–water partition coefficient (Wildman–Crippen LogP) is 4.43. The quantitative estimate of drug-likeness (QED) is 0.401. The topological polar surface area (TPSA) is 78.6 Å². The van der Waals surface area contributed by atoms with E-state index in [-0.39, 0.29) is 11.7 Å². The van der Waals surface area contributed by atoms with Gasteiger partial charge in [-0.3, -0.25) is 4.68 Å². The third-order valence-electron chi connectivity index (χ3n) is 6.38. The minimum absolute atomic E-state index is 0.0104. The van der Waals surface area contributed by atoms with Gasteiger partial charge in [-0.1, -0.05) is 0 Å². The largest absolute Gasteiger partial charge is 0.386 e. The lowest BCUT2D eigenvalue weighted by atomic mass is 9.61. The van der Waals surface area contributed by atoms with Crippen LogP contribution in [0.1, 0.15) is 61.2 Å². The van der Waals surface area contributed by atoms with Crippen LogP contribution in [-0.2, 0) is 4.74 Å². The summed E-state index contributed by atoms with van der Waals surface area (Å²) in [4.78, 5) is 16.8. The number of hydrogen-bond donors (Lipinski definition) is 0. The molecular formula is C25H24B2F2N6O. The van der Waals surface area contributed by atoms with Crippen LogP contribution in [0, 0.1) is 25.5 Å². The number of fused-ring (bicyclic) bond motifs is 1. The van der Waals surface area contributed by atoms with Crippen molar-refractivity contribution in [1.29, 1.82) is 0 Å². The molecule has 2 aliphatic rings. The van der Waals surface area contributed by atoms with Crippen molar-refractivity contribution in [3.63, 3.8) is 0 Å². The van der Waals surface area contributed by atoms with Gasteiger partial charge in [-0.2, -0.15) is 5.10 Å². The summed E-state index contributed by atoms with van der Waals surface area (Å²) in [5.74, 6) is -1.33. The molecule has 0 bridgehead atoms. The first-order valence-electron chi connectivity index (χ1n) is 11.9. The van der Waals surface area contributed by atoms with Gasteiger partial charge in [-0.05, 0) is 63.5 Å². The Hall–Kier alpha value is -3.20. The predicted molar refractivity (Wildman–Crippen MR) is 132 cm³/mol. The number of aromatic nitrogens is 6. The van der Waals surface area contributed by atoms with Crippen LogP contribution < -0.4 is 0 Å². The summed E-state index contributed by atoms with van der Waals surface area (Å²) in [6, 6.07) is 3.94. The molecule has 1 aliphatic carbocycles. The Bertz CT molecular complexity index is 1410. The summed E-state index contributed by atoms with van der Waals surface area (Å²) in [6.07, 6.45) is 10.4. The van der Waals surface area contributed by atoms with Crippen molar-refractivity contribution in [2.24, 2.45) is 0 Å². The number of ether oxygens (including phenoxy) is 1. The van der Waals surface area contributed by atoms with E-state index in [1.54, 1.807) is 6.92 Å². The molecule has 11 heteroatoms. The van der Waals surface area contributed by atoms with E-state index >= 15 is 0 Å². The van der Waals surface area contributed by atoms with Gasteiger partial charge in [0.2, 0.25) is 0 Å². The molecule has 1 unspecified atom stereocenters. The van der Waals surface area contributed by atoms with Crippen LogP contribution in [0.5, 0.6) is 0 Å². The Morgan fingerprint density at radius 1 is 1.06 bits per heavy atom. The molecule has 3 aromatic heterocycles. The van der Waals surface area contributed by atoms with Crippen LogP contribution in [0.15, 0.2) is 36.9 Å². The van der Waals surface area contributed by atoms with Gasteiger partial charge in [0.1, 0.15) is 29.2 Å². The number of halogens is 2. The normalized spacial score (nSPS) is 19.1. The second-order valence-electron chi connectivity index (χ2n) is 9.35. The smallest absolute Gasteiger partial charge is 0.182 e. The summed E-state index contributed by atoms with van der Waals surface area (Å²) in [5.41, 5.74) is 3.85. The molecule has 4 radical (unpaired) electrons. The molecule has 36 heavy (non-hydrogen) atoms. The number of rotatable bonds is 3. The third-order valence-corrected chi connectivity index (χ3v) is 6.38. The average molecular weight is 484 g/mol. The zero-order chi connectivity index (χ0) is 25.4. The molecule has 0 spiro atoms. The molecule has 6 rings (SSSR count). The highest BCUT2D eigenvalue weighted by atomic mass is 19.1. The SMILES string of the molecule is Cc1nc2ncnc(-c3ccc(F)cc3F)c2nc1C.[B]C1([B])CCCC(c2cnn(C3CC3)c2)O1. The lowest BCUT2D eigenvalue weighted by molar-refractivity contribution is -0.0341. The summed E-state index contributed by atoms with van der Waals surface area (Å²) in [5, 5.41) is 3.39. The average Bonchev–Trinajstić information content (AvgIpc) is 3.56. The molecule has 180 valence electrons. The molecule has 4 aromatic rings. The zero-order valence-corrected chi connectivity index (χ0v) is 20.2. The fraction of sp³-hybridized carbons (Fsp3) is 0.400. The molecule has 0 amide bonds. The summed E-state index contributed by atoms with van der Waals surface area (Å²) >= 11 is 0. The minimum Gasteiger partial charge on any atom is -0.386 e. The second-order valence-corrected chi connectivity index (χ2v) is 9.35. The van der Waals surface area contributed by atoms with E-state index in [1.165, 1.54) is 31.3 Å². The van der Waals surface area contributed by atoms with Crippen LogP contribution in [0.2, 0.25) is 0 Å². The first-order valence-corrected chi connectivity index (χ1v) is 11.9. The molecule has 1 saturated heterocycles. The van der Waals surface area contributed by atoms with E-state index in [0.717, 1.165) is 42.3 Å². The first kappa shape index (κ1) is 24.5. The van der Waals surface area contributed by atoms with Crippen molar-refractivity contribution in [2.45, 2.75) is 63.5 Å². The van der Waals surface area contributed by atoms with Gasteiger partial charge in [0.25, 0.3) is 0 Å². The van der Waals surface area contributed by atoms with Crippen LogP contribution >= 0.6 is 0 Å². The Balaban J connectivity index is 0.000000152. The molecule has 4 heterocycles. The van der Waals surface area contributed by atoms with E-state index in [9.17, 15) is 8.78 Å². The lowest BCUT2D eigenvalue weighted by Crippen LogP contribution is -2.38. The molecular weight excluding hydrogens is 460 g/mol. The highest BCUT2D eigenvalue weighted by molar-refractivity contribution is 6.39. The van der Waals surface area contributed by atoms with E-state index in [4.69, 9.17) is 20.4 Å². The van der Waals surface area contributed by atoms with Crippen molar-refractivity contribution in [1.82, 2.24) is 29.7 Å². The summed E-state index contributed by atoms with van der Waals surface area (Å²) in [6.45, 7) is 3.63. The lowest BCUT2D eigenvalue weighted by Gasteiger charge is -2.36. The fourth-order valence-electron chi connectivity index (χ4n) is 4.16. The fourth-order valence-corrected chi connectivity index (χ4v) is 4.16. The minimum atomic E-state index is -0.968. The third kappa shape index (κ3) is 5.31. The molecule has 2 fully saturated rings. The summed E-state index contributed by atoms with van der Waals surface area (Å²) in [7, 11) is 11.6. The van der Waals surface area contributed by atoms with E-state index in [0.29, 0.717) is 22.9 Å².